The number of hydrogen-bond donors (Lipinski definition) is 0. The fourth-order valence-corrected chi connectivity index (χ4v) is 3.78. The van der Waals surface area contributed by atoms with Gasteiger partial charge in [-0.25, -0.2) is 14.2 Å². The Hall–Kier alpha value is -2.44. The highest BCUT2D eigenvalue weighted by Gasteiger charge is 2.72. The van der Waals surface area contributed by atoms with Crippen LogP contribution in [0.2, 0.25) is 0 Å². The molecule has 2 aromatic rings. The molecule has 1 aromatic heterocycles. The van der Waals surface area contributed by atoms with Crippen LogP contribution in [0.15, 0.2) is 50.1 Å². The monoisotopic (exact) mass is 299 g/mol. The number of hydrogen-bond acceptors (Lipinski definition) is 4. The maximum atomic E-state index is 12.7. The van der Waals surface area contributed by atoms with E-state index in [2.05, 4.69) is 10.2 Å². The fraction of sp³-hybridized carbons (Fsp3) is 0.467. The van der Waals surface area contributed by atoms with Gasteiger partial charge in [-0.1, -0.05) is 44.2 Å². The van der Waals surface area contributed by atoms with Crippen LogP contribution in [-0.4, -0.2) is 13.9 Å². The molecule has 0 spiro atoms. The molecule has 22 heavy (non-hydrogen) atoms. The molecule has 0 radical (unpaired) electrons. The van der Waals surface area contributed by atoms with E-state index < -0.39 is 16.7 Å². The highest BCUT2D eigenvalue weighted by molar-refractivity contribution is 5.33. The van der Waals surface area contributed by atoms with Gasteiger partial charge in [-0.2, -0.15) is 19.6 Å². The Morgan fingerprint density at radius 1 is 0.909 bits per heavy atom. The number of nitrogens with zero attached hydrogens (tertiary/aromatic N) is 5. The highest BCUT2D eigenvalue weighted by Crippen LogP contribution is 2.62. The lowest BCUT2D eigenvalue weighted by atomic mass is 9.70. The van der Waals surface area contributed by atoms with Crippen molar-refractivity contribution in [2.45, 2.75) is 32.1 Å². The first-order valence-corrected chi connectivity index (χ1v) is 7.20. The molecule has 0 saturated carbocycles. The summed E-state index contributed by atoms with van der Waals surface area (Å²) in [6, 6.07) is 9.56. The van der Waals surface area contributed by atoms with Gasteiger partial charge in [0.05, 0.1) is 5.41 Å². The van der Waals surface area contributed by atoms with Crippen LogP contribution >= 0.6 is 0 Å². The molecule has 0 N–H and O–H groups in total. The zero-order valence-corrected chi connectivity index (χ0v) is 12.9. The van der Waals surface area contributed by atoms with Crippen LogP contribution in [0.25, 0.3) is 0 Å². The van der Waals surface area contributed by atoms with Crippen LogP contribution < -0.4 is 11.4 Å². The average molecular weight is 299 g/mol. The number of rotatable bonds is 1. The van der Waals surface area contributed by atoms with Crippen LogP contribution in [0.1, 0.15) is 26.3 Å². The molecular weight excluding hydrogens is 282 g/mol. The molecule has 2 atom stereocenters. The Morgan fingerprint density at radius 3 is 2.14 bits per heavy atom. The lowest BCUT2D eigenvalue weighted by Gasteiger charge is -2.35. The molecule has 2 aliphatic heterocycles. The topological polar surface area (TPSA) is 73.7 Å². The smallest absolute Gasteiger partial charge is 0.246 e. The number of azo groups is 1. The van der Waals surface area contributed by atoms with E-state index in [0.717, 1.165) is 10.1 Å². The summed E-state index contributed by atoms with van der Waals surface area (Å²) < 4.78 is 4.04. The van der Waals surface area contributed by atoms with Crippen molar-refractivity contribution in [2.75, 3.05) is 0 Å². The van der Waals surface area contributed by atoms with E-state index in [0.29, 0.717) is 0 Å². The standard InChI is InChI=1S/C15H17N5O2/c1-13(2)14(3)16-17-15(13,10-8-6-5-7-9-10)20-12(22)18(4)11(21)19(14)20/h5-9H,1-4H3/t14-,15+/m0/s1. The minimum Gasteiger partial charge on any atom is -0.246 e. The summed E-state index contributed by atoms with van der Waals surface area (Å²) in [4.78, 5) is 25.2. The molecule has 2 aliphatic rings. The molecule has 0 amide bonds. The third kappa shape index (κ3) is 1.02. The van der Waals surface area contributed by atoms with Crippen LogP contribution in [0.3, 0.4) is 0 Å². The molecule has 0 unspecified atom stereocenters. The molecule has 4 rings (SSSR count). The maximum absolute atomic E-state index is 12.7. The second kappa shape index (κ2) is 3.48. The highest BCUT2D eigenvalue weighted by atomic mass is 16.2. The predicted octanol–water partition coefficient (Wildman–Crippen LogP) is 1.23. The molecule has 114 valence electrons. The van der Waals surface area contributed by atoms with Crippen molar-refractivity contribution in [1.29, 1.82) is 0 Å². The van der Waals surface area contributed by atoms with Crippen molar-refractivity contribution in [3.05, 3.63) is 56.9 Å². The van der Waals surface area contributed by atoms with Gasteiger partial charge < -0.3 is 0 Å². The van der Waals surface area contributed by atoms with Crippen LogP contribution in [-0.2, 0) is 18.4 Å². The van der Waals surface area contributed by atoms with Gasteiger partial charge in [0, 0.05) is 12.6 Å². The second-order valence-electron chi connectivity index (χ2n) is 6.63. The summed E-state index contributed by atoms with van der Waals surface area (Å²) in [5.74, 6) is 0. The number of benzene rings is 1. The van der Waals surface area contributed by atoms with Crippen molar-refractivity contribution >= 4 is 0 Å². The summed E-state index contributed by atoms with van der Waals surface area (Å²) >= 11 is 0. The van der Waals surface area contributed by atoms with Gasteiger partial charge in [-0.3, -0.25) is 0 Å². The zero-order chi connectivity index (χ0) is 15.9. The summed E-state index contributed by atoms with van der Waals surface area (Å²) in [5.41, 5.74) is -2.32. The maximum Gasteiger partial charge on any atom is 0.349 e. The van der Waals surface area contributed by atoms with Gasteiger partial charge in [0.15, 0.2) is 5.66 Å². The van der Waals surface area contributed by atoms with Gasteiger partial charge in [-0.05, 0) is 6.92 Å². The Labute approximate surface area is 126 Å². The molecule has 7 nitrogen and oxygen atoms in total. The Balaban J connectivity index is 2.22. The second-order valence-corrected chi connectivity index (χ2v) is 6.63. The Morgan fingerprint density at radius 2 is 1.50 bits per heavy atom. The largest absolute Gasteiger partial charge is 0.349 e. The van der Waals surface area contributed by atoms with Gasteiger partial charge >= 0.3 is 11.4 Å². The molecule has 1 aromatic carbocycles. The molecule has 7 heteroatoms. The van der Waals surface area contributed by atoms with E-state index in [1.807, 2.05) is 51.1 Å². The van der Waals surface area contributed by atoms with Gasteiger partial charge in [0.25, 0.3) is 0 Å². The molecule has 0 saturated heterocycles. The van der Waals surface area contributed by atoms with E-state index in [1.54, 1.807) is 0 Å². The van der Waals surface area contributed by atoms with Crippen molar-refractivity contribution in [1.82, 2.24) is 13.9 Å². The quantitative estimate of drug-likeness (QED) is 0.794. The van der Waals surface area contributed by atoms with Crippen molar-refractivity contribution in [2.24, 2.45) is 22.7 Å². The van der Waals surface area contributed by atoms with Crippen molar-refractivity contribution in [3.8, 4) is 0 Å². The van der Waals surface area contributed by atoms with E-state index in [1.165, 1.54) is 16.4 Å². The van der Waals surface area contributed by atoms with Gasteiger partial charge in [0.2, 0.25) is 5.66 Å². The van der Waals surface area contributed by atoms with Crippen LogP contribution in [0.4, 0.5) is 0 Å². The molecule has 0 fully saturated rings. The van der Waals surface area contributed by atoms with Gasteiger partial charge in [-0.15, -0.1) is 0 Å². The first kappa shape index (κ1) is 13.2. The van der Waals surface area contributed by atoms with E-state index in [-0.39, 0.29) is 11.4 Å². The van der Waals surface area contributed by atoms with Gasteiger partial charge in [0.1, 0.15) is 0 Å². The first-order valence-electron chi connectivity index (χ1n) is 7.20. The average Bonchev–Trinajstić information content (AvgIpc) is 2.93. The summed E-state index contributed by atoms with van der Waals surface area (Å²) in [6.45, 7) is 5.85. The lowest BCUT2D eigenvalue weighted by molar-refractivity contribution is 0.120. The minimum atomic E-state index is -0.999. The normalized spacial score (nSPS) is 30.7. The van der Waals surface area contributed by atoms with E-state index in [9.17, 15) is 9.59 Å². The summed E-state index contributed by atoms with van der Waals surface area (Å²) in [6.07, 6.45) is 0. The molecule has 3 heterocycles. The van der Waals surface area contributed by atoms with E-state index in [4.69, 9.17) is 0 Å². The zero-order valence-electron chi connectivity index (χ0n) is 12.9. The fourth-order valence-electron chi connectivity index (χ4n) is 3.78. The Kier molecular flexibility index (Phi) is 2.09. The van der Waals surface area contributed by atoms with E-state index >= 15 is 0 Å². The summed E-state index contributed by atoms with van der Waals surface area (Å²) in [7, 11) is 1.48. The van der Waals surface area contributed by atoms with Crippen LogP contribution in [0, 0.1) is 5.41 Å². The van der Waals surface area contributed by atoms with Crippen LogP contribution in [0.5, 0.6) is 0 Å². The van der Waals surface area contributed by atoms with Crippen molar-refractivity contribution in [3.63, 3.8) is 0 Å². The summed E-state index contributed by atoms with van der Waals surface area (Å²) in [5, 5.41) is 8.91. The third-order valence-electron chi connectivity index (χ3n) is 5.48. The molecule has 0 aliphatic carbocycles. The van der Waals surface area contributed by atoms with Crippen molar-refractivity contribution < 1.29 is 0 Å². The SMILES string of the molecule is Cn1c(=O)n2n(c1=O)[C@@]1(c3ccccc3)N=N[C@]2(C)C1(C)C. The molecule has 2 bridgehead atoms. The molecular formula is C15H17N5O2. The lowest BCUT2D eigenvalue weighted by Crippen LogP contribution is -2.48. The number of aromatic nitrogens is 3. The first-order chi connectivity index (χ1) is 10.3. The predicted molar refractivity (Wildman–Crippen MR) is 79.7 cm³/mol. The Bertz CT molecular complexity index is 933. The number of fused-ring (bicyclic) bond motifs is 5. The minimum absolute atomic E-state index is 0.364. The third-order valence-corrected chi connectivity index (χ3v) is 5.48.